The van der Waals surface area contributed by atoms with Crippen molar-refractivity contribution >= 4 is 11.9 Å². The Morgan fingerprint density at radius 2 is 1.85 bits per heavy atom. The molecule has 5 heteroatoms. The Bertz CT molecular complexity index is 427. The Morgan fingerprint density at radius 3 is 2.40 bits per heavy atom. The smallest absolute Gasteiger partial charge is 0.316 e. The minimum atomic E-state index is -0.772. The third kappa shape index (κ3) is 5.40. The number of ether oxygens (including phenoxy) is 2. The van der Waals surface area contributed by atoms with E-state index in [9.17, 15) is 9.59 Å². The van der Waals surface area contributed by atoms with Gasteiger partial charge in [-0.25, -0.2) is 0 Å². The minimum absolute atomic E-state index is 0.118. The second-order valence-corrected chi connectivity index (χ2v) is 4.52. The molecule has 0 spiro atoms. The Morgan fingerprint density at radius 1 is 1.20 bits per heavy atom. The topological polar surface area (TPSA) is 72.8 Å². The van der Waals surface area contributed by atoms with E-state index in [2.05, 4.69) is 0 Å². The van der Waals surface area contributed by atoms with Gasteiger partial charge in [0.2, 0.25) is 6.79 Å². The first-order chi connectivity index (χ1) is 9.54. The zero-order chi connectivity index (χ0) is 15.0. The zero-order valence-corrected chi connectivity index (χ0v) is 11.7. The summed E-state index contributed by atoms with van der Waals surface area (Å²) in [5, 5.41) is 9.00. The monoisotopic (exact) mass is 280 g/mol. The van der Waals surface area contributed by atoms with Gasteiger partial charge in [0.25, 0.3) is 0 Å². The number of aliphatic hydroxyl groups is 1. The van der Waals surface area contributed by atoms with Crippen molar-refractivity contribution in [3.8, 4) is 0 Å². The van der Waals surface area contributed by atoms with E-state index < -0.39 is 24.8 Å². The molecule has 5 nitrogen and oxygen atoms in total. The van der Waals surface area contributed by atoms with E-state index in [1.165, 1.54) is 6.92 Å². The molecule has 0 saturated carbocycles. The Balaban J connectivity index is 2.43. The number of hydrogen-bond donors (Lipinski definition) is 1. The van der Waals surface area contributed by atoms with Crippen molar-refractivity contribution in [2.45, 2.75) is 38.7 Å². The van der Waals surface area contributed by atoms with Gasteiger partial charge in [-0.05, 0) is 18.9 Å². The van der Waals surface area contributed by atoms with Gasteiger partial charge in [0.15, 0.2) is 0 Å². The summed E-state index contributed by atoms with van der Waals surface area (Å²) >= 11 is 0. The van der Waals surface area contributed by atoms with Gasteiger partial charge in [-0.15, -0.1) is 0 Å². The fraction of sp³-hybridized carbons (Fsp3) is 0.467. The highest BCUT2D eigenvalue weighted by Crippen LogP contribution is 2.20. The summed E-state index contributed by atoms with van der Waals surface area (Å²) in [6, 6.07) is 9.30. The van der Waals surface area contributed by atoms with Gasteiger partial charge in [0.1, 0.15) is 0 Å². The predicted octanol–water partition coefficient (Wildman–Crippen LogP) is 2.00. The molecule has 2 unspecified atom stereocenters. The van der Waals surface area contributed by atoms with Gasteiger partial charge in [0, 0.05) is 0 Å². The Kier molecular flexibility index (Phi) is 6.73. The number of benzene rings is 1. The summed E-state index contributed by atoms with van der Waals surface area (Å²) in [6.45, 7) is 2.95. The first kappa shape index (κ1) is 16.2. The molecule has 0 amide bonds. The summed E-state index contributed by atoms with van der Waals surface area (Å²) in [5.41, 5.74) is 0.871. The molecule has 0 aromatic heterocycles. The molecule has 0 aliphatic rings. The zero-order valence-electron chi connectivity index (χ0n) is 11.7. The van der Waals surface area contributed by atoms with E-state index in [-0.39, 0.29) is 12.3 Å². The van der Waals surface area contributed by atoms with Crippen LogP contribution >= 0.6 is 0 Å². The van der Waals surface area contributed by atoms with Crippen molar-refractivity contribution in [2.24, 2.45) is 0 Å². The van der Waals surface area contributed by atoms with Crippen LogP contribution in [0.4, 0.5) is 0 Å². The van der Waals surface area contributed by atoms with Crippen LogP contribution < -0.4 is 0 Å². The summed E-state index contributed by atoms with van der Waals surface area (Å²) in [5.74, 6) is -1.39. The third-order valence-corrected chi connectivity index (χ3v) is 2.78. The van der Waals surface area contributed by atoms with E-state index >= 15 is 0 Å². The van der Waals surface area contributed by atoms with Crippen LogP contribution in [0.25, 0.3) is 0 Å². The lowest BCUT2D eigenvalue weighted by molar-refractivity contribution is -0.169. The molecule has 0 aliphatic heterocycles. The highest BCUT2D eigenvalue weighted by atomic mass is 16.7. The van der Waals surface area contributed by atoms with Crippen molar-refractivity contribution in [2.75, 3.05) is 6.79 Å². The number of rotatable bonds is 7. The van der Waals surface area contributed by atoms with Crippen LogP contribution in [0.15, 0.2) is 30.3 Å². The molecular formula is C15H20O5. The van der Waals surface area contributed by atoms with Crippen LogP contribution in [0.2, 0.25) is 0 Å². The maximum atomic E-state index is 11.9. The first-order valence-corrected chi connectivity index (χ1v) is 6.59. The van der Waals surface area contributed by atoms with E-state index in [1.54, 1.807) is 0 Å². The second-order valence-electron chi connectivity index (χ2n) is 4.52. The van der Waals surface area contributed by atoms with Gasteiger partial charge in [-0.2, -0.15) is 0 Å². The molecule has 110 valence electrons. The number of esters is 2. The lowest BCUT2D eigenvalue weighted by Crippen LogP contribution is -2.20. The molecule has 0 heterocycles. The van der Waals surface area contributed by atoms with Crippen molar-refractivity contribution < 1.29 is 24.2 Å². The normalized spacial score (nSPS) is 13.3. The first-order valence-electron chi connectivity index (χ1n) is 6.59. The van der Waals surface area contributed by atoms with Crippen LogP contribution in [-0.4, -0.2) is 29.9 Å². The molecule has 0 saturated heterocycles. The highest BCUT2D eigenvalue weighted by Gasteiger charge is 2.20. The molecule has 2 atom stereocenters. The lowest BCUT2D eigenvalue weighted by Gasteiger charge is -2.14. The maximum absolute atomic E-state index is 11.9. The number of hydrogen-bond acceptors (Lipinski definition) is 5. The number of aliphatic hydroxyl groups excluding tert-OH is 1. The van der Waals surface area contributed by atoms with E-state index in [0.717, 1.165) is 5.56 Å². The molecule has 1 rings (SSSR count). The predicted molar refractivity (Wildman–Crippen MR) is 72.8 cm³/mol. The maximum Gasteiger partial charge on any atom is 0.316 e. The standard InChI is InChI=1S/C15H20O5/c1-3-13(12-7-5-4-6-8-12)15(18)20-10-19-14(17)9-11(2)16/h4-8,11,13,16H,3,9-10H2,1-2H3. The van der Waals surface area contributed by atoms with E-state index in [0.29, 0.717) is 6.42 Å². The SMILES string of the molecule is CCC(C(=O)OCOC(=O)CC(C)O)c1ccccc1. The number of carbonyl (C=O) groups excluding carboxylic acids is 2. The molecule has 0 bridgehead atoms. The van der Waals surface area contributed by atoms with Gasteiger partial charge >= 0.3 is 11.9 Å². The van der Waals surface area contributed by atoms with Gasteiger partial charge in [-0.3, -0.25) is 9.59 Å². The molecule has 0 fully saturated rings. The van der Waals surface area contributed by atoms with Crippen molar-refractivity contribution in [3.05, 3.63) is 35.9 Å². The van der Waals surface area contributed by atoms with E-state index in [1.807, 2.05) is 37.3 Å². The van der Waals surface area contributed by atoms with Crippen molar-refractivity contribution in [1.82, 2.24) is 0 Å². The number of carbonyl (C=O) groups is 2. The lowest BCUT2D eigenvalue weighted by atomic mass is 9.97. The fourth-order valence-electron chi connectivity index (χ4n) is 1.78. The van der Waals surface area contributed by atoms with Gasteiger partial charge in [-0.1, -0.05) is 37.3 Å². The van der Waals surface area contributed by atoms with E-state index in [4.69, 9.17) is 14.6 Å². The molecular weight excluding hydrogens is 260 g/mol. The van der Waals surface area contributed by atoms with Crippen LogP contribution in [0.1, 0.15) is 38.2 Å². The van der Waals surface area contributed by atoms with Crippen LogP contribution in [0.5, 0.6) is 0 Å². The molecule has 1 N–H and O–H groups in total. The quantitative estimate of drug-likeness (QED) is 0.611. The Labute approximate surface area is 118 Å². The second kappa shape index (κ2) is 8.32. The van der Waals surface area contributed by atoms with Crippen LogP contribution in [0.3, 0.4) is 0 Å². The third-order valence-electron chi connectivity index (χ3n) is 2.78. The van der Waals surface area contributed by atoms with Crippen molar-refractivity contribution in [3.63, 3.8) is 0 Å². The van der Waals surface area contributed by atoms with Crippen LogP contribution in [0, 0.1) is 0 Å². The largest absolute Gasteiger partial charge is 0.428 e. The summed E-state index contributed by atoms with van der Waals surface area (Å²) in [4.78, 5) is 23.1. The molecule has 0 radical (unpaired) electrons. The average Bonchev–Trinajstić information content (AvgIpc) is 2.40. The van der Waals surface area contributed by atoms with Gasteiger partial charge < -0.3 is 14.6 Å². The summed E-state index contributed by atoms with van der Waals surface area (Å²) < 4.78 is 9.65. The molecule has 1 aromatic rings. The highest BCUT2D eigenvalue weighted by molar-refractivity contribution is 5.78. The average molecular weight is 280 g/mol. The molecule has 0 aliphatic carbocycles. The Hall–Kier alpha value is -1.88. The summed E-state index contributed by atoms with van der Waals surface area (Å²) in [7, 11) is 0. The van der Waals surface area contributed by atoms with Crippen LogP contribution in [-0.2, 0) is 19.1 Å². The summed E-state index contributed by atoms with van der Waals surface area (Å²) in [6.07, 6.45) is -0.288. The minimum Gasteiger partial charge on any atom is -0.428 e. The fourth-order valence-corrected chi connectivity index (χ4v) is 1.78. The molecule has 20 heavy (non-hydrogen) atoms. The molecule has 1 aromatic carbocycles. The van der Waals surface area contributed by atoms with Gasteiger partial charge in [0.05, 0.1) is 18.4 Å². The van der Waals surface area contributed by atoms with Crippen molar-refractivity contribution in [1.29, 1.82) is 0 Å².